The fraction of sp³-hybridized carbons (Fsp3) is 0.0769. The highest BCUT2D eigenvalue weighted by molar-refractivity contribution is 6.00. The minimum absolute atomic E-state index is 0.0481. The van der Waals surface area contributed by atoms with Gasteiger partial charge >= 0.3 is 5.97 Å². The van der Waals surface area contributed by atoms with E-state index in [2.05, 4.69) is 10.3 Å². The third kappa shape index (κ3) is 2.02. The van der Waals surface area contributed by atoms with Crippen molar-refractivity contribution < 1.29 is 14.3 Å². The molecule has 0 saturated heterocycles. The minimum atomic E-state index is -1.10. The summed E-state index contributed by atoms with van der Waals surface area (Å²) in [5, 5.41) is 12.0. The lowest BCUT2D eigenvalue weighted by Gasteiger charge is -2.12. The van der Waals surface area contributed by atoms with Gasteiger partial charge in [0.05, 0.1) is 11.8 Å². The molecule has 92 valence electrons. The molecule has 1 aromatic heterocycles. The predicted molar refractivity (Wildman–Crippen MR) is 66.1 cm³/mol. The van der Waals surface area contributed by atoms with Gasteiger partial charge in [-0.15, -0.1) is 0 Å². The molecule has 0 aliphatic heterocycles. The first kappa shape index (κ1) is 12.0. The highest BCUT2D eigenvalue weighted by Gasteiger charge is 2.17. The first-order valence-electron chi connectivity index (χ1n) is 5.29. The van der Waals surface area contributed by atoms with E-state index in [1.54, 1.807) is 19.2 Å². The zero-order valence-electron chi connectivity index (χ0n) is 9.64. The Morgan fingerprint density at radius 2 is 2.17 bits per heavy atom. The van der Waals surface area contributed by atoms with E-state index in [1.165, 1.54) is 18.3 Å². The Labute approximate surface area is 103 Å². The van der Waals surface area contributed by atoms with Crippen LogP contribution in [0.2, 0.25) is 0 Å². The van der Waals surface area contributed by atoms with E-state index in [4.69, 9.17) is 0 Å². The number of aromatic nitrogens is 1. The third-order valence-corrected chi connectivity index (χ3v) is 2.61. The molecule has 0 unspecified atom stereocenters. The van der Waals surface area contributed by atoms with Crippen molar-refractivity contribution in [3.05, 3.63) is 48.0 Å². The first-order chi connectivity index (χ1) is 8.65. The van der Waals surface area contributed by atoms with E-state index >= 15 is 0 Å². The van der Waals surface area contributed by atoms with E-state index in [9.17, 15) is 14.3 Å². The molecule has 0 amide bonds. The average Bonchev–Trinajstić information content (AvgIpc) is 2.38. The van der Waals surface area contributed by atoms with Crippen molar-refractivity contribution in [2.45, 2.75) is 0 Å². The molecule has 2 N–H and O–H groups in total. The number of carboxylic acid groups (broad SMARTS) is 1. The Kier molecular flexibility index (Phi) is 3.23. The number of anilines is 1. The smallest absolute Gasteiger partial charge is 0.336 e. The zero-order valence-corrected chi connectivity index (χ0v) is 9.64. The molecule has 2 aromatic rings. The van der Waals surface area contributed by atoms with Crippen LogP contribution < -0.4 is 5.32 Å². The molecule has 1 aromatic carbocycles. The Bertz CT molecular complexity index is 599. The number of rotatable bonds is 3. The second-order valence-electron chi connectivity index (χ2n) is 3.64. The molecular formula is C13H11FN2O2. The van der Waals surface area contributed by atoms with Gasteiger partial charge in [-0.2, -0.15) is 0 Å². The van der Waals surface area contributed by atoms with E-state index in [0.29, 0.717) is 11.3 Å². The number of pyridine rings is 1. The maximum absolute atomic E-state index is 13.8. The Morgan fingerprint density at radius 1 is 1.39 bits per heavy atom. The van der Waals surface area contributed by atoms with Crippen LogP contribution in [0.25, 0.3) is 11.1 Å². The molecule has 5 heteroatoms. The van der Waals surface area contributed by atoms with Gasteiger partial charge in [0.15, 0.2) is 0 Å². The maximum Gasteiger partial charge on any atom is 0.336 e. The Morgan fingerprint density at radius 3 is 2.78 bits per heavy atom. The highest BCUT2D eigenvalue weighted by Crippen LogP contribution is 2.32. The summed E-state index contributed by atoms with van der Waals surface area (Å²) >= 11 is 0. The largest absolute Gasteiger partial charge is 0.478 e. The van der Waals surface area contributed by atoms with Crippen molar-refractivity contribution in [2.24, 2.45) is 0 Å². The fourth-order valence-corrected chi connectivity index (χ4v) is 1.81. The molecule has 0 fully saturated rings. The lowest BCUT2D eigenvalue weighted by molar-refractivity contribution is 0.0698. The number of aromatic carboxylic acids is 1. The summed E-state index contributed by atoms with van der Waals surface area (Å²) in [6.45, 7) is 0. The van der Waals surface area contributed by atoms with Gasteiger partial charge in [0, 0.05) is 30.1 Å². The van der Waals surface area contributed by atoms with Gasteiger partial charge in [-0.1, -0.05) is 6.07 Å². The van der Waals surface area contributed by atoms with Gasteiger partial charge in [-0.25, -0.2) is 9.18 Å². The molecule has 0 aliphatic carbocycles. The molecule has 0 saturated carbocycles. The second kappa shape index (κ2) is 4.83. The molecule has 4 nitrogen and oxygen atoms in total. The number of halogens is 1. The van der Waals surface area contributed by atoms with Crippen LogP contribution in [-0.2, 0) is 0 Å². The third-order valence-electron chi connectivity index (χ3n) is 2.61. The summed E-state index contributed by atoms with van der Waals surface area (Å²) in [7, 11) is 1.66. The number of hydrogen-bond donors (Lipinski definition) is 2. The van der Waals surface area contributed by atoms with Crippen molar-refractivity contribution >= 4 is 11.7 Å². The summed E-state index contributed by atoms with van der Waals surface area (Å²) in [5.41, 5.74) is 1.15. The van der Waals surface area contributed by atoms with Gasteiger partial charge < -0.3 is 10.4 Å². The lowest BCUT2D eigenvalue weighted by atomic mass is 9.98. The fourth-order valence-electron chi connectivity index (χ4n) is 1.81. The summed E-state index contributed by atoms with van der Waals surface area (Å²) < 4.78 is 13.8. The average molecular weight is 246 g/mol. The SMILES string of the molecule is CNc1cccc(C(=O)O)c1-c1ccncc1F. The number of carbonyl (C=O) groups is 1. The number of nitrogens with zero attached hydrogens (tertiary/aromatic N) is 1. The molecular weight excluding hydrogens is 235 g/mol. The van der Waals surface area contributed by atoms with Crippen LogP contribution in [0.15, 0.2) is 36.7 Å². The first-order valence-corrected chi connectivity index (χ1v) is 5.29. The summed E-state index contributed by atoms with van der Waals surface area (Å²) in [5.74, 6) is -1.65. The van der Waals surface area contributed by atoms with Crippen LogP contribution in [0.3, 0.4) is 0 Å². The van der Waals surface area contributed by atoms with E-state index < -0.39 is 11.8 Å². The van der Waals surface area contributed by atoms with Crippen LogP contribution in [0, 0.1) is 5.82 Å². The zero-order chi connectivity index (χ0) is 13.1. The van der Waals surface area contributed by atoms with Gasteiger partial charge in [0.1, 0.15) is 5.82 Å². The molecule has 0 aliphatic rings. The topological polar surface area (TPSA) is 62.2 Å². The number of nitrogens with one attached hydrogen (secondary N) is 1. The van der Waals surface area contributed by atoms with Crippen molar-refractivity contribution in [2.75, 3.05) is 12.4 Å². The van der Waals surface area contributed by atoms with E-state index in [-0.39, 0.29) is 11.1 Å². The monoisotopic (exact) mass is 246 g/mol. The van der Waals surface area contributed by atoms with Gasteiger partial charge in [-0.3, -0.25) is 4.98 Å². The second-order valence-corrected chi connectivity index (χ2v) is 3.64. The quantitative estimate of drug-likeness (QED) is 0.873. The molecule has 0 spiro atoms. The van der Waals surface area contributed by atoms with Gasteiger partial charge in [-0.05, 0) is 18.2 Å². The van der Waals surface area contributed by atoms with E-state index in [0.717, 1.165) is 6.20 Å². The van der Waals surface area contributed by atoms with Crippen molar-refractivity contribution in [3.63, 3.8) is 0 Å². The highest BCUT2D eigenvalue weighted by atomic mass is 19.1. The summed E-state index contributed by atoms with van der Waals surface area (Å²) in [6, 6.07) is 6.20. The van der Waals surface area contributed by atoms with Crippen LogP contribution in [-0.4, -0.2) is 23.1 Å². The molecule has 18 heavy (non-hydrogen) atoms. The lowest BCUT2D eigenvalue weighted by Crippen LogP contribution is -2.04. The number of carboxylic acids is 1. The molecule has 2 rings (SSSR count). The van der Waals surface area contributed by atoms with Crippen LogP contribution in [0.4, 0.5) is 10.1 Å². The van der Waals surface area contributed by atoms with Crippen molar-refractivity contribution in [1.29, 1.82) is 0 Å². The van der Waals surface area contributed by atoms with Crippen LogP contribution >= 0.6 is 0 Å². The van der Waals surface area contributed by atoms with Crippen molar-refractivity contribution in [3.8, 4) is 11.1 Å². The Hall–Kier alpha value is -2.43. The van der Waals surface area contributed by atoms with Crippen LogP contribution in [0.5, 0.6) is 0 Å². The number of benzene rings is 1. The summed E-state index contributed by atoms with van der Waals surface area (Å²) in [6.07, 6.45) is 2.49. The normalized spacial score (nSPS) is 10.1. The van der Waals surface area contributed by atoms with Gasteiger partial charge in [0.25, 0.3) is 0 Å². The summed E-state index contributed by atoms with van der Waals surface area (Å²) in [4.78, 5) is 14.9. The van der Waals surface area contributed by atoms with Crippen LogP contribution in [0.1, 0.15) is 10.4 Å². The standard InChI is InChI=1S/C13H11FN2O2/c1-15-11-4-2-3-9(13(17)18)12(11)8-5-6-16-7-10(8)14/h2-7,15H,1H3,(H,17,18). The molecule has 1 heterocycles. The van der Waals surface area contributed by atoms with E-state index in [1.807, 2.05) is 0 Å². The van der Waals surface area contributed by atoms with Gasteiger partial charge in [0.2, 0.25) is 0 Å². The van der Waals surface area contributed by atoms with Crippen molar-refractivity contribution in [1.82, 2.24) is 4.98 Å². The predicted octanol–water partition coefficient (Wildman–Crippen LogP) is 2.63. The number of hydrogen-bond acceptors (Lipinski definition) is 3. The molecule has 0 bridgehead atoms. The minimum Gasteiger partial charge on any atom is -0.478 e. The molecule has 0 radical (unpaired) electrons. The molecule has 0 atom stereocenters. The Balaban J connectivity index is 2.76. The maximum atomic E-state index is 13.8.